The van der Waals surface area contributed by atoms with Crippen LogP contribution >= 0.6 is 0 Å². The predicted molar refractivity (Wildman–Crippen MR) is 86.5 cm³/mol. The zero-order chi connectivity index (χ0) is 14.9. The lowest BCUT2D eigenvalue weighted by Crippen LogP contribution is -2.53. The van der Waals surface area contributed by atoms with Crippen LogP contribution < -0.4 is 10.6 Å². The monoisotopic (exact) mass is 285 g/mol. The summed E-state index contributed by atoms with van der Waals surface area (Å²) < 4.78 is 0. The van der Waals surface area contributed by atoms with E-state index in [1.165, 1.54) is 5.39 Å². The molecule has 0 saturated carbocycles. The van der Waals surface area contributed by atoms with Crippen molar-refractivity contribution in [1.82, 2.24) is 15.1 Å². The van der Waals surface area contributed by atoms with Crippen LogP contribution in [0.4, 0.5) is 5.82 Å². The Morgan fingerprint density at radius 2 is 1.86 bits per heavy atom. The van der Waals surface area contributed by atoms with Gasteiger partial charge in [0, 0.05) is 49.0 Å². The summed E-state index contributed by atoms with van der Waals surface area (Å²) in [6, 6.07) is 8.30. The number of hydrogen-bond donors (Lipinski definition) is 1. The van der Waals surface area contributed by atoms with Gasteiger partial charge >= 0.3 is 0 Å². The SMILES string of the molecule is CC(C)(N)CN1CCN(c2nncc3ccccc23)CC1. The number of nitrogens with two attached hydrogens (primary N) is 1. The van der Waals surface area contributed by atoms with E-state index in [1.54, 1.807) is 0 Å². The Balaban J connectivity index is 1.74. The Labute approximate surface area is 125 Å². The third kappa shape index (κ3) is 3.31. The van der Waals surface area contributed by atoms with Gasteiger partial charge in [0.25, 0.3) is 0 Å². The highest BCUT2D eigenvalue weighted by Crippen LogP contribution is 2.24. The van der Waals surface area contributed by atoms with E-state index in [4.69, 9.17) is 5.73 Å². The van der Waals surface area contributed by atoms with Gasteiger partial charge in [-0.25, -0.2) is 0 Å². The summed E-state index contributed by atoms with van der Waals surface area (Å²) in [5.41, 5.74) is 5.97. The van der Waals surface area contributed by atoms with Crippen LogP contribution in [0.15, 0.2) is 30.5 Å². The van der Waals surface area contributed by atoms with E-state index >= 15 is 0 Å². The molecule has 0 radical (unpaired) electrons. The van der Waals surface area contributed by atoms with Crippen molar-refractivity contribution in [2.45, 2.75) is 19.4 Å². The molecule has 0 unspecified atom stereocenters. The minimum Gasteiger partial charge on any atom is -0.352 e. The molecule has 21 heavy (non-hydrogen) atoms. The molecule has 5 nitrogen and oxygen atoms in total. The van der Waals surface area contributed by atoms with Gasteiger partial charge in [0.05, 0.1) is 6.20 Å². The quantitative estimate of drug-likeness (QED) is 0.926. The summed E-state index contributed by atoms with van der Waals surface area (Å²) in [7, 11) is 0. The summed E-state index contributed by atoms with van der Waals surface area (Å²) >= 11 is 0. The van der Waals surface area contributed by atoms with Crippen molar-refractivity contribution in [1.29, 1.82) is 0 Å². The molecule has 1 aromatic carbocycles. The van der Waals surface area contributed by atoms with Gasteiger partial charge in [0.2, 0.25) is 0 Å². The maximum absolute atomic E-state index is 6.11. The number of nitrogens with zero attached hydrogens (tertiary/aromatic N) is 4. The molecule has 2 aromatic rings. The Morgan fingerprint density at radius 1 is 1.14 bits per heavy atom. The molecule has 5 heteroatoms. The first kappa shape index (κ1) is 14.2. The fourth-order valence-electron chi connectivity index (χ4n) is 2.94. The Bertz CT molecular complexity index is 606. The molecule has 0 amide bonds. The van der Waals surface area contributed by atoms with Crippen LogP contribution in [0.25, 0.3) is 10.8 Å². The molecule has 1 aliphatic rings. The fourth-order valence-corrected chi connectivity index (χ4v) is 2.94. The minimum atomic E-state index is -0.137. The van der Waals surface area contributed by atoms with Gasteiger partial charge in [-0.2, -0.15) is 5.10 Å². The highest BCUT2D eigenvalue weighted by atomic mass is 15.3. The van der Waals surface area contributed by atoms with Crippen LogP contribution in [0.2, 0.25) is 0 Å². The summed E-state index contributed by atoms with van der Waals surface area (Å²) in [5, 5.41) is 10.8. The van der Waals surface area contributed by atoms with Crippen LogP contribution in [0.5, 0.6) is 0 Å². The minimum absolute atomic E-state index is 0.137. The van der Waals surface area contributed by atoms with Crippen LogP contribution in [0.1, 0.15) is 13.8 Å². The number of rotatable bonds is 3. The average molecular weight is 285 g/mol. The third-order valence-electron chi connectivity index (χ3n) is 3.85. The average Bonchev–Trinajstić information content (AvgIpc) is 2.46. The first-order valence-electron chi connectivity index (χ1n) is 7.49. The van der Waals surface area contributed by atoms with Crippen molar-refractivity contribution >= 4 is 16.6 Å². The van der Waals surface area contributed by atoms with E-state index in [-0.39, 0.29) is 5.54 Å². The van der Waals surface area contributed by atoms with Gasteiger partial charge in [-0.05, 0) is 13.8 Å². The molecule has 1 saturated heterocycles. The third-order valence-corrected chi connectivity index (χ3v) is 3.85. The molecule has 0 spiro atoms. The van der Waals surface area contributed by atoms with Crippen molar-refractivity contribution in [2.24, 2.45) is 5.73 Å². The van der Waals surface area contributed by atoms with Crippen LogP contribution in [-0.4, -0.2) is 53.4 Å². The molecular weight excluding hydrogens is 262 g/mol. The number of benzene rings is 1. The molecule has 0 aliphatic carbocycles. The smallest absolute Gasteiger partial charge is 0.159 e. The number of anilines is 1. The van der Waals surface area contributed by atoms with Gasteiger partial charge in [-0.15, -0.1) is 5.10 Å². The molecule has 3 rings (SSSR count). The highest BCUT2D eigenvalue weighted by molar-refractivity contribution is 5.91. The summed E-state index contributed by atoms with van der Waals surface area (Å²) in [6.45, 7) is 9.07. The van der Waals surface area contributed by atoms with Gasteiger partial charge in [0.1, 0.15) is 0 Å². The maximum atomic E-state index is 6.11. The van der Waals surface area contributed by atoms with Gasteiger partial charge in [-0.3, -0.25) is 4.90 Å². The van der Waals surface area contributed by atoms with Crippen LogP contribution in [0, 0.1) is 0 Å². The van der Waals surface area contributed by atoms with Gasteiger partial charge < -0.3 is 10.6 Å². The lowest BCUT2D eigenvalue weighted by molar-refractivity contribution is 0.214. The molecule has 2 heterocycles. The van der Waals surface area contributed by atoms with Crippen LogP contribution in [-0.2, 0) is 0 Å². The van der Waals surface area contributed by atoms with Crippen molar-refractivity contribution in [3.05, 3.63) is 30.5 Å². The summed E-state index contributed by atoms with van der Waals surface area (Å²) in [6.07, 6.45) is 1.83. The van der Waals surface area contributed by atoms with Crippen LogP contribution in [0.3, 0.4) is 0 Å². The Kier molecular flexibility index (Phi) is 3.78. The first-order valence-corrected chi connectivity index (χ1v) is 7.49. The molecule has 112 valence electrons. The van der Waals surface area contributed by atoms with Crippen molar-refractivity contribution < 1.29 is 0 Å². The standard InChI is InChI=1S/C16H23N5/c1-16(2,17)12-20-7-9-21(10-8-20)15-14-6-4-3-5-13(14)11-18-19-15/h3-6,11H,7-10,12,17H2,1-2H3. The Morgan fingerprint density at radius 3 is 2.57 bits per heavy atom. The Hall–Kier alpha value is -1.72. The van der Waals surface area contributed by atoms with Gasteiger partial charge in [-0.1, -0.05) is 24.3 Å². The predicted octanol–water partition coefficient (Wildman–Crippen LogP) is 1.49. The van der Waals surface area contributed by atoms with E-state index < -0.39 is 0 Å². The van der Waals surface area contributed by atoms with Crippen molar-refractivity contribution in [3.8, 4) is 0 Å². The molecule has 2 N–H and O–H groups in total. The maximum Gasteiger partial charge on any atom is 0.159 e. The second-order valence-corrected chi connectivity index (χ2v) is 6.51. The van der Waals surface area contributed by atoms with Crippen molar-refractivity contribution in [2.75, 3.05) is 37.6 Å². The molecule has 0 bridgehead atoms. The molecule has 1 fully saturated rings. The number of aromatic nitrogens is 2. The zero-order valence-corrected chi connectivity index (χ0v) is 12.8. The molecule has 1 aromatic heterocycles. The second kappa shape index (κ2) is 5.58. The zero-order valence-electron chi connectivity index (χ0n) is 12.8. The van der Waals surface area contributed by atoms with E-state index in [0.29, 0.717) is 0 Å². The normalized spacial score (nSPS) is 17.4. The van der Waals surface area contributed by atoms with E-state index in [1.807, 2.05) is 12.3 Å². The lowest BCUT2D eigenvalue weighted by Gasteiger charge is -2.38. The van der Waals surface area contributed by atoms with Gasteiger partial charge in [0.15, 0.2) is 5.82 Å². The number of fused-ring (bicyclic) bond motifs is 1. The number of hydrogen-bond acceptors (Lipinski definition) is 5. The second-order valence-electron chi connectivity index (χ2n) is 6.51. The molecule has 1 aliphatic heterocycles. The van der Waals surface area contributed by atoms with E-state index in [0.717, 1.165) is 43.9 Å². The van der Waals surface area contributed by atoms with Crippen molar-refractivity contribution in [3.63, 3.8) is 0 Å². The first-order chi connectivity index (χ1) is 10.0. The van der Waals surface area contributed by atoms with E-state index in [9.17, 15) is 0 Å². The number of piperazine rings is 1. The summed E-state index contributed by atoms with van der Waals surface area (Å²) in [4.78, 5) is 4.75. The molecular formula is C16H23N5. The lowest BCUT2D eigenvalue weighted by atomic mass is 10.1. The highest BCUT2D eigenvalue weighted by Gasteiger charge is 2.23. The topological polar surface area (TPSA) is 58.3 Å². The fraction of sp³-hybridized carbons (Fsp3) is 0.500. The molecule has 0 atom stereocenters. The summed E-state index contributed by atoms with van der Waals surface area (Å²) in [5.74, 6) is 1.000. The largest absolute Gasteiger partial charge is 0.352 e. The van der Waals surface area contributed by atoms with E-state index in [2.05, 4.69) is 52.0 Å².